The van der Waals surface area contributed by atoms with Gasteiger partial charge in [-0.2, -0.15) is 10.2 Å². The molecular formula is C40H34ClF3N6O4. The zero-order chi connectivity index (χ0) is 39.1. The summed E-state index contributed by atoms with van der Waals surface area (Å²) in [5, 5.41) is 14.8. The first-order valence-corrected chi connectivity index (χ1v) is 17.1. The first-order valence-electron chi connectivity index (χ1n) is 16.7. The molecule has 6 rings (SSSR count). The van der Waals surface area contributed by atoms with E-state index in [1.807, 2.05) is 0 Å². The average molecular weight is 755 g/mol. The van der Waals surface area contributed by atoms with Gasteiger partial charge in [0.25, 0.3) is 11.1 Å². The number of carbonyl (C=O) groups is 2. The van der Waals surface area contributed by atoms with E-state index in [9.17, 15) is 32.3 Å². The third kappa shape index (κ3) is 8.81. The molecule has 0 amide bonds. The van der Waals surface area contributed by atoms with Crippen LogP contribution in [0.1, 0.15) is 48.4 Å². The first kappa shape index (κ1) is 38.9. The molecule has 0 radical (unpaired) electrons. The van der Waals surface area contributed by atoms with E-state index in [1.165, 1.54) is 77.8 Å². The van der Waals surface area contributed by atoms with Gasteiger partial charge in [-0.25, -0.2) is 22.5 Å². The summed E-state index contributed by atoms with van der Waals surface area (Å²) in [6, 6.07) is 23.7. The Bertz CT molecular complexity index is 2330. The summed E-state index contributed by atoms with van der Waals surface area (Å²) in [6.07, 6.45) is 0. The van der Waals surface area contributed by atoms with Crippen molar-refractivity contribution in [2.45, 2.75) is 40.8 Å². The van der Waals surface area contributed by atoms with E-state index in [2.05, 4.69) is 20.8 Å². The lowest BCUT2D eigenvalue weighted by atomic mass is 10.0. The van der Waals surface area contributed by atoms with Crippen LogP contribution in [0.3, 0.4) is 0 Å². The van der Waals surface area contributed by atoms with Gasteiger partial charge in [-0.15, -0.1) is 0 Å². The lowest BCUT2D eigenvalue weighted by Crippen LogP contribution is -2.28. The molecule has 0 aliphatic heterocycles. The van der Waals surface area contributed by atoms with Crippen LogP contribution in [0.25, 0.3) is 22.5 Å². The third-order valence-electron chi connectivity index (χ3n) is 8.00. The van der Waals surface area contributed by atoms with E-state index in [1.54, 1.807) is 56.3 Å². The Morgan fingerprint density at radius 3 is 1.37 bits per heavy atom. The van der Waals surface area contributed by atoms with Crippen molar-refractivity contribution in [3.05, 3.63) is 151 Å². The Labute approximate surface area is 312 Å². The van der Waals surface area contributed by atoms with E-state index in [0.29, 0.717) is 34.1 Å². The molecule has 10 nitrogen and oxygen atoms in total. The fraction of sp³-hybridized carbons (Fsp3) is 0.150. The second-order valence-corrected chi connectivity index (χ2v) is 12.3. The molecule has 0 saturated heterocycles. The van der Waals surface area contributed by atoms with E-state index in [-0.39, 0.29) is 46.2 Å². The highest BCUT2D eigenvalue weighted by molar-refractivity contribution is 6.30. The lowest BCUT2D eigenvalue weighted by Gasteiger charge is -2.16. The summed E-state index contributed by atoms with van der Waals surface area (Å²) in [4.78, 5) is 50.4. The van der Waals surface area contributed by atoms with Crippen molar-refractivity contribution >= 4 is 45.9 Å². The number of hydrogen-bond acceptors (Lipinski definition) is 8. The number of nitrogens with zero attached hydrogens (tertiary/aromatic N) is 4. The van der Waals surface area contributed by atoms with Gasteiger partial charge in [0, 0.05) is 40.6 Å². The van der Waals surface area contributed by atoms with Gasteiger partial charge in [-0.1, -0.05) is 48.0 Å². The second kappa shape index (κ2) is 17.0. The molecule has 276 valence electrons. The van der Waals surface area contributed by atoms with Crippen LogP contribution in [0.15, 0.2) is 107 Å². The van der Waals surface area contributed by atoms with E-state index in [4.69, 9.17) is 11.6 Å². The highest BCUT2D eigenvalue weighted by Gasteiger charge is 2.24. The number of halogens is 4. The van der Waals surface area contributed by atoms with Crippen LogP contribution in [-0.2, 0) is 13.1 Å². The summed E-state index contributed by atoms with van der Waals surface area (Å²) in [7, 11) is 0. The van der Waals surface area contributed by atoms with E-state index < -0.39 is 34.4 Å². The third-order valence-corrected chi connectivity index (χ3v) is 8.23. The van der Waals surface area contributed by atoms with Crippen LogP contribution in [0.4, 0.5) is 35.9 Å². The maximum Gasteiger partial charge on any atom is 0.291 e. The zero-order valence-corrected chi connectivity index (χ0v) is 30.3. The molecule has 2 N–H and O–H groups in total. The fourth-order valence-corrected chi connectivity index (χ4v) is 5.77. The van der Waals surface area contributed by atoms with Gasteiger partial charge in [0.1, 0.15) is 40.2 Å². The molecule has 2 aromatic heterocycles. The molecule has 6 aromatic rings. The van der Waals surface area contributed by atoms with E-state index in [0.717, 1.165) is 0 Å². The van der Waals surface area contributed by atoms with E-state index >= 15 is 0 Å². The summed E-state index contributed by atoms with van der Waals surface area (Å²) in [5.74, 6) is -2.20. The van der Waals surface area contributed by atoms with Gasteiger partial charge in [-0.3, -0.25) is 19.2 Å². The van der Waals surface area contributed by atoms with Crippen LogP contribution >= 0.6 is 11.6 Å². The highest BCUT2D eigenvalue weighted by Crippen LogP contribution is 2.30. The zero-order valence-electron chi connectivity index (χ0n) is 29.6. The fourth-order valence-electron chi connectivity index (χ4n) is 5.58. The molecule has 0 fully saturated rings. The number of aryl methyl sites for hydroxylation is 2. The van der Waals surface area contributed by atoms with Crippen LogP contribution < -0.4 is 21.8 Å². The highest BCUT2D eigenvalue weighted by atomic mass is 35.5. The molecule has 4 aromatic carbocycles. The van der Waals surface area contributed by atoms with Crippen LogP contribution in [-0.4, -0.2) is 31.1 Å². The maximum atomic E-state index is 13.7. The normalized spacial score (nSPS) is 10.7. The molecule has 0 unspecified atom stereocenters. The molecular weight excluding hydrogens is 721 g/mol. The number of ketones is 2. The van der Waals surface area contributed by atoms with Gasteiger partial charge in [0.2, 0.25) is 0 Å². The van der Waals surface area contributed by atoms with Gasteiger partial charge in [0.05, 0.1) is 11.1 Å². The lowest BCUT2D eigenvalue weighted by molar-refractivity contribution is 0.101. The molecule has 0 spiro atoms. The molecule has 0 atom stereocenters. The standard InChI is InChI=1S/C20H17ClFN3O2.C20H17F2N3O2/c1-3-25-20(27)19(23-16-9-5-7-14(21)11-16)17(12(2)26)18(24-25)13-6-4-8-15(22)10-13;1-3-25-20(27)19(23-16-9-5-8-15(22)11-16)17(12(2)26)18(24-25)13-6-4-7-14(21)10-13/h2*4-11,23H,3H2,1-2H3. The second-order valence-electron chi connectivity index (χ2n) is 11.8. The number of benzene rings is 4. The smallest absolute Gasteiger partial charge is 0.291 e. The summed E-state index contributed by atoms with van der Waals surface area (Å²) in [5.41, 5.74) is 1.31. The number of anilines is 4. The molecule has 0 aliphatic rings. The molecule has 2 heterocycles. The molecule has 0 aliphatic carbocycles. The van der Waals surface area contributed by atoms with Crippen molar-refractivity contribution < 1.29 is 22.8 Å². The number of aromatic nitrogens is 4. The Hall–Kier alpha value is -6.34. The van der Waals surface area contributed by atoms with Crippen molar-refractivity contribution in [2.24, 2.45) is 0 Å². The summed E-state index contributed by atoms with van der Waals surface area (Å²) < 4.78 is 43.4. The van der Waals surface area contributed by atoms with Crippen molar-refractivity contribution in [1.82, 2.24) is 19.6 Å². The van der Waals surface area contributed by atoms with Crippen molar-refractivity contribution in [3.8, 4) is 22.5 Å². The Morgan fingerprint density at radius 2 is 1.00 bits per heavy atom. The SMILES string of the molecule is CCn1nc(-c2cccc(F)c2)c(C(C)=O)c(Nc2cccc(Cl)c2)c1=O.CCn1nc(-c2cccc(F)c2)c(C(C)=O)c(Nc2cccc(F)c2)c1=O. The van der Waals surface area contributed by atoms with Crippen molar-refractivity contribution in [2.75, 3.05) is 10.6 Å². The minimum absolute atomic E-state index is 0.0239. The Kier molecular flexibility index (Phi) is 12.2. The summed E-state index contributed by atoms with van der Waals surface area (Å²) in [6.45, 7) is 6.68. The molecule has 14 heteroatoms. The predicted molar refractivity (Wildman–Crippen MR) is 204 cm³/mol. The Balaban J connectivity index is 0.000000208. The summed E-state index contributed by atoms with van der Waals surface area (Å²) >= 11 is 6.01. The minimum Gasteiger partial charge on any atom is -0.350 e. The largest absolute Gasteiger partial charge is 0.350 e. The molecule has 54 heavy (non-hydrogen) atoms. The number of hydrogen-bond donors (Lipinski definition) is 2. The van der Waals surface area contributed by atoms with Gasteiger partial charge in [-0.05, 0) is 88.4 Å². The number of carbonyl (C=O) groups excluding carboxylic acids is 2. The quantitative estimate of drug-likeness (QED) is 0.133. The van der Waals surface area contributed by atoms with Crippen molar-refractivity contribution in [3.63, 3.8) is 0 Å². The first-order chi connectivity index (χ1) is 25.8. The van der Waals surface area contributed by atoms with Gasteiger partial charge < -0.3 is 10.6 Å². The van der Waals surface area contributed by atoms with Crippen LogP contribution in [0, 0.1) is 17.5 Å². The molecule has 0 bridgehead atoms. The topological polar surface area (TPSA) is 128 Å². The number of Topliss-reactive ketones (excluding diaryl/α,β-unsaturated/α-hetero) is 2. The van der Waals surface area contributed by atoms with Gasteiger partial charge >= 0.3 is 0 Å². The number of nitrogens with one attached hydrogen (secondary N) is 2. The van der Waals surface area contributed by atoms with Crippen LogP contribution in [0.2, 0.25) is 5.02 Å². The van der Waals surface area contributed by atoms with Crippen molar-refractivity contribution in [1.29, 1.82) is 0 Å². The maximum absolute atomic E-state index is 13.7. The number of rotatable bonds is 10. The van der Waals surface area contributed by atoms with Gasteiger partial charge in [0.15, 0.2) is 11.6 Å². The average Bonchev–Trinajstić information content (AvgIpc) is 3.13. The monoisotopic (exact) mass is 754 g/mol. The molecule has 0 saturated carbocycles. The predicted octanol–water partition coefficient (Wildman–Crippen LogP) is 8.82. The Morgan fingerprint density at radius 1 is 0.611 bits per heavy atom. The van der Waals surface area contributed by atoms with Crippen LogP contribution in [0.5, 0.6) is 0 Å². The minimum atomic E-state index is -0.521.